The van der Waals surface area contributed by atoms with Crippen LogP contribution in [0.1, 0.15) is 23.9 Å². The maximum Gasteiger partial charge on any atom is 0.170 e. The second-order valence-corrected chi connectivity index (χ2v) is 5.82. The summed E-state index contributed by atoms with van der Waals surface area (Å²) in [4.78, 5) is 8.58. The third-order valence-corrected chi connectivity index (χ3v) is 3.61. The van der Waals surface area contributed by atoms with Gasteiger partial charge in [0.05, 0.1) is 28.0 Å². The van der Waals surface area contributed by atoms with Crippen LogP contribution >= 0.6 is 23.2 Å². The van der Waals surface area contributed by atoms with Gasteiger partial charge in [0.1, 0.15) is 18.0 Å². The standard InChI is InChI=1S/C13H12Cl2FN5/c1-7(14)13-18-10-4-9(16)8(15)3-11(10)21(13)5-12-17-6-20(2)19-12/h3-4,6-7H,5H2,1-2H3. The minimum atomic E-state index is -0.501. The van der Waals surface area contributed by atoms with Gasteiger partial charge < -0.3 is 4.57 Å². The van der Waals surface area contributed by atoms with Gasteiger partial charge in [-0.1, -0.05) is 11.6 Å². The molecule has 5 nitrogen and oxygen atoms in total. The fourth-order valence-corrected chi connectivity index (χ4v) is 2.53. The molecule has 110 valence electrons. The van der Waals surface area contributed by atoms with Crippen molar-refractivity contribution in [1.29, 1.82) is 0 Å². The highest BCUT2D eigenvalue weighted by molar-refractivity contribution is 6.31. The van der Waals surface area contributed by atoms with Crippen LogP contribution in [0.5, 0.6) is 0 Å². The molecular weight excluding hydrogens is 316 g/mol. The smallest absolute Gasteiger partial charge is 0.170 e. The summed E-state index contributed by atoms with van der Waals surface area (Å²) in [7, 11) is 1.79. The van der Waals surface area contributed by atoms with E-state index in [4.69, 9.17) is 23.2 Å². The Balaban J connectivity index is 2.17. The van der Waals surface area contributed by atoms with Crippen LogP contribution in [0.2, 0.25) is 5.02 Å². The molecule has 0 radical (unpaired) electrons. The van der Waals surface area contributed by atoms with Gasteiger partial charge in [-0.25, -0.2) is 14.4 Å². The molecule has 0 saturated heterocycles. The van der Waals surface area contributed by atoms with E-state index in [2.05, 4.69) is 15.1 Å². The van der Waals surface area contributed by atoms with E-state index in [1.807, 2.05) is 11.5 Å². The van der Waals surface area contributed by atoms with Crippen molar-refractivity contribution >= 4 is 34.2 Å². The quantitative estimate of drug-likeness (QED) is 0.693. The van der Waals surface area contributed by atoms with Crippen LogP contribution < -0.4 is 0 Å². The highest BCUT2D eigenvalue weighted by Gasteiger charge is 2.18. The molecule has 1 aromatic carbocycles. The first-order valence-electron chi connectivity index (χ1n) is 6.29. The van der Waals surface area contributed by atoms with Gasteiger partial charge in [-0.2, -0.15) is 5.10 Å². The van der Waals surface area contributed by atoms with Crippen LogP contribution in [0.4, 0.5) is 4.39 Å². The Hall–Kier alpha value is -1.66. The predicted octanol–water partition coefficient (Wildman–Crippen LogP) is 3.31. The SMILES string of the molecule is CC(Cl)c1nc2cc(F)c(Cl)cc2n1Cc1ncn(C)n1. The minimum absolute atomic E-state index is 0.0476. The Morgan fingerprint density at radius 2 is 2.14 bits per heavy atom. The number of aryl methyl sites for hydroxylation is 1. The Morgan fingerprint density at radius 3 is 2.76 bits per heavy atom. The van der Waals surface area contributed by atoms with Crippen LogP contribution in [-0.4, -0.2) is 24.3 Å². The topological polar surface area (TPSA) is 48.5 Å². The monoisotopic (exact) mass is 327 g/mol. The molecule has 0 aliphatic rings. The highest BCUT2D eigenvalue weighted by atomic mass is 35.5. The number of fused-ring (bicyclic) bond motifs is 1. The molecule has 0 fully saturated rings. The van der Waals surface area contributed by atoms with E-state index in [0.717, 1.165) is 0 Å². The first-order valence-corrected chi connectivity index (χ1v) is 7.11. The van der Waals surface area contributed by atoms with Gasteiger partial charge in [-0.15, -0.1) is 11.6 Å². The average molecular weight is 328 g/mol. The summed E-state index contributed by atoms with van der Waals surface area (Å²) >= 11 is 12.0. The van der Waals surface area contributed by atoms with Crippen molar-refractivity contribution in [3.8, 4) is 0 Å². The maximum absolute atomic E-state index is 13.6. The summed E-state index contributed by atoms with van der Waals surface area (Å²) in [6.45, 7) is 2.20. The Morgan fingerprint density at radius 1 is 1.38 bits per heavy atom. The Bertz CT molecular complexity index is 808. The molecule has 2 aromatic heterocycles. The third-order valence-electron chi connectivity index (χ3n) is 3.12. The zero-order valence-electron chi connectivity index (χ0n) is 11.4. The van der Waals surface area contributed by atoms with E-state index in [-0.39, 0.29) is 10.4 Å². The number of aromatic nitrogens is 5. The summed E-state index contributed by atoms with van der Waals surface area (Å²) in [5.41, 5.74) is 1.21. The molecule has 8 heteroatoms. The van der Waals surface area contributed by atoms with Gasteiger partial charge in [-0.3, -0.25) is 4.68 Å². The first-order chi connectivity index (χ1) is 9.95. The van der Waals surface area contributed by atoms with Crippen LogP contribution in [0.25, 0.3) is 11.0 Å². The van der Waals surface area contributed by atoms with Crippen LogP contribution in [0, 0.1) is 5.82 Å². The van der Waals surface area contributed by atoms with Crippen molar-refractivity contribution in [2.45, 2.75) is 18.8 Å². The van der Waals surface area contributed by atoms with E-state index < -0.39 is 5.82 Å². The molecule has 2 heterocycles. The largest absolute Gasteiger partial charge is 0.319 e. The summed E-state index contributed by atoms with van der Waals surface area (Å²) < 4.78 is 17.0. The lowest BCUT2D eigenvalue weighted by Gasteiger charge is -2.08. The van der Waals surface area contributed by atoms with Crippen LogP contribution in [-0.2, 0) is 13.6 Å². The predicted molar refractivity (Wildman–Crippen MR) is 79.1 cm³/mol. The first kappa shape index (κ1) is 14.3. The van der Waals surface area contributed by atoms with Gasteiger partial charge in [0, 0.05) is 13.1 Å². The van der Waals surface area contributed by atoms with E-state index in [1.54, 1.807) is 24.1 Å². The lowest BCUT2D eigenvalue weighted by atomic mass is 10.3. The number of imidazole rings is 1. The van der Waals surface area contributed by atoms with Gasteiger partial charge in [-0.05, 0) is 13.0 Å². The van der Waals surface area contributed by atoms with Crippen molar-refractivity contribution in [3.05, 3.63) is 40.9 Å². The molecule has 0 amide bonds. The van der Waals surface area contributed by atoms with E-state index in [1.165, 1.54) is 6.07 Å². The van der Waals surface area contributed by atoms with Gasteiger partial charge in [0.25, 0.3) is 0 Å². The summed E-state index contributed by atoms with van der Waals surface area (Å²) in [5.74, 6) is 0.746. The third kappa shape index (κ3) is 2.61. The molecule has 0 saturated carbocycles. The van der Waals surface area contributed by atoms with E-state index in [9.17, 15) is 4.39 Å². The van der Waals surface area contributed by atoms with Crippen molar-refractivity contribution < 1.29 is 4.39 Å². The lowest BCUT2D eigenvalue weighted by Crippen LogP contribution is -2.07. The number of hydrogen-bond acceptors (Lipinski definition) is 3. The molecule has 1 atom stereocenters. The Kier molecular flexibility index (Phi) is 3.59. The summed E-state index contributed by atoms with van der Waals surface area (Å²) in [6.07, 6.45) is 1.62. The van der Waals surface area contributed by atoms with Crippen molar-refractivity contribution in [1.82, 2.24) is 24.3 Å². The summed E-state index contributed by atoms with van der Waals surface area (Å²) in [6, 6.07) is 2.85. The molecule has 0 N–H and O–H groups in total. The molecule has 1 unspecified atom stereocenters. The molecule has 0 aliphatic heterocycles. The molecule has 0 aliphatic carbocycles. The van der Waals surface area contributed by atoms with E-state index >= 15 is 0 Å². The van der Waals surface area contributed by atoms with Crippen molar-refractivity contribution in [2.24, 2.45) is 7.05 Å². The zero-order chi connectivity index (χ0) is 15.1. The second kappa shape index (κ2) is 5.27. The van der Waals surface area contributed by atoms with Gasteiger partial charge in [0.15, 0.2) is 5.82 Å². The van der Waals surface area contributed by atoms with Gasteiger partial charge in [0.2, 0.25) is 0 Å². The molecular formula is C13H12Cl2FN5. The number of benzene rings is 1. The van der Waals surface area contributed by atoms with Crippen molar-refractivity contribution in [3.63, 3.8) is 0 Å². The fraction of sp³-hybridized carbons (Fsp3) is 0.308. The number of nitrogens with zero attached hydrogens (tertiary/aromatic N) is 5. The fourth-order valence-electron chi connectivity index (χ4n) is 2.21. The average Bonchev–Trinajstić information content (AvgIpc) is 2.96. The molecule has 21 heavy (non-hydrogen) atoms. The normalized spacial score (nSPS) is 13.0. The molecule has 3 aromatic rings. The Labute approximate surface area is 130 Å². The number of hydrogen-bond donors (Lipinski definition) is 0. The number of rotatable bonds is 3. The summed E-state index contributed by atoms with van der Waals surface area (Å²) in [5, 5.41) is 3.96. The van der Waals surface area contributed by atoms with Crippen LogP contribution in [0.3, 0.4) is 0 Å². The lowest BCUT2D eigenvalue weighted by molar-refractivity contribution is 0.629. The zero-order valence-corrected chi connectivity index (χ0v) is 12.9. The second-order valence-electron chi connectivity index (χ2n) is 4.76. The van der Waals surface area contributed by atoms with Crippen molar-refractivity contribution in [2.75, 3.05) is 0 Å². The molecule has 3 rings (SSSR count). The maximum atomic E-state index is 13.6. The van der Waals surface area contributed by atoms with Crippen LogP contribution in [0.15, 0.2) is 18.5 Å². The molecule has 0 bridgehead atoms. The van der Waals surface area contributed by atoms with Gasteiger partial charge >= 0.3 is 0 Å². The molecule has 0 spiro atoms. The minimum Gasteiger partial charge on any atom is -0.319 e. The number of alkyl halides is 1. The highest BCUT2D eigenvalue weighted by Crippen LogP contribution is 2.28. The van der Waals surface area contributed by atoms with E-state index in [0.29, 0.717) is 29.2 Å². The number of halogens is 3.